The Morgan fingerprint density at radius 2 is 1.60 bits per heavy atom. The molecule has 0 aromatic rings. The molecule has 0 aromatic carbocycles. The second-order valence-corrected chi connectivity index (χ2v) is 6.35. The van der Waals surface area contributed by atoms with E-state index in [2.05, 4.69) is 0 Å². The van der Waals surface area contributed by atoms with Crippen molar-refractivity contribution in [3.8, 4) is 0 Å². The van der Waals surface area contributed by atoms with Crippen molar-refractivity contribution in [1.82, 2.24) is 0 Å². The monoisotopic (exact) mass is 206 g/mol. The molecular formula is C13H20NO. The topological polar surface area (TPSA) is 43.1 Å². The van der Waals surface area contributed by atoms with Crippen molar-refractivity contribution in [2.24, 2.45) is 28.9 Å². The van der Waals surface area contributed by atoms with Gasteiger partial charge < -0.3 is 5.73 Å². The van der Waals surface area contributed by atoms with Crippen LogP contribution in [-0.2, 0) is 4.79 Å². The van der Waals surface area contributed by atoms with Crippen LogP contribution in [0.5, 0.6) is 0 Å². The van der Waals surface area contributed by atoms with E-state index >= 15 is 0 Å². The van der Waals surface area contributed by atoms with Crippen LogP contribution in [0.25, 0.3) is 0 Å². The summed E-state index contributed by atoms with van der Waals surface area (Å²) in [6, 6.07) is -0.332. The highest BCUT2D eigenvalue weighted by Gasteiger charge is 2.50. The minimum absolute atomic E-state index is 0.332. The van der Waals surface area contributed by atoms with Crippen molar-refractivity contribution in [3.05, 3.63) is 0 Å². The van der Waals surface area contributed by atoms with Crippen molar-refractivity contribution < 1.29 is 4.79 Å². The molecule has 15 heavy (non-hydrogen) atoms. The maximum atomic E-state index is 10.6. The van der Waals surface area contributed by atoms with Gasteiger partial charge in [0.2, 0.25) is 6.29 Å². The van der Waals surface area contributed by atoms with Crippen molar-refractivity contribution >= 4 is 6.29 Å². The lowest BCUT2D eigenvalue weighted by atomic mass is 9.48. The smallest absolute Gasteiger partial charge is 0.216 e. The maximum Gasteiger partial charge on any atom is 0.216 e. The van der Waals surface area contributed by atoms with Gasteiger partial charge in [-0.1, -0.05) is 0 Å². The van der Waals surface area contributed by atoms with Crippen molar-refractivity contribution in [2.75, 3.05) is 0 Å². The first kappa shape index (κ1) is 9.83. The fourth-order valence-electron chi connectivity index (χ4n) is 5.05. The Labute approximate surface area is 91.6 Å². The molecule has 4 fully saturated rings. The molecule has 83 valence electrons. The summed E-state index contributed by atoms with van der Waals surface area (Å²) >= 11 is 0. The third kappa shape index (κ3) is 1.63. The Hall–Kier alpha value is -0.370. The zero-order valence-corrected chi connectivity index (χ0v) is 9.24. The van der Waals surface area contributed by atoms with Crippen LogP contribution in [0.3, 0.4) is 0 Å². The summed E-state index contributed by atoms with van der Waals surface area (Å²) in [6.07, 6.45) is 11.3. The molecule has 2 heteroatoms. The summed E-state index contributed by atoms with van der Waals surface area (Å²) in [5, 5.41) is 0. The van der Waals surface area contributed by atoms with Gasteiger partial charge in [0, 0.05) is 0 Å². The van der Waals surface area contributed by atoms with Crippen molar-refractivity contribution in [3.63, 3.8) is 0 Å². The van der Waals surface area contributed by atoms with Gasteiger partial charge in [-0.3, -0.25) is 4.79 Å². The van der Waals surface area contributed by atoms with E-state index in [1.807, 2.05) is 6.29 Å². The van der Waals surface area contributed by atoms with Crippen molar-refractivity contribution in [1.29, 1.82) is 0 Å². The van der Waals surface area contributed by atoms with Crippen molar-refractivity contribution in [2.45, 2.75) is 51.0 Å². The molecule has 4 saturated carbocycles. The summed E-state index contributed by atoms with van der Waals surface area (Å²) in [6.45, 7) is 0. The van der Waals surface area contributed by atoms with Gasteiger partial charge in [-0.05, 0) is 68.1 Å². The standard InChI is InChI=1S/C13H20NO/c14-12(8-15)7-13-4-9-1-10(5-13)3-11(2-9)6-13/h9-12H,1-7,14H2/t9?,10?,11?,12-,13?/m0/s1. The number of hydrogen-bond donors (Lipinski definition) is 1. The van der Waals surface area contributed by atoms with E-state index in [0.29, 0.717) is 5.41 Å². The van der Waals surface area contributed by atoms with Crippen LogP contribution in [0, 0.1) is 23.2 Å². The van der Waals surface area contributed by atoms with Gasteiger partial charge in [0.05, 0.1) is 6.04 Å². The van der Waals surface area contributed by atoms with Gasteiger partial charge in [-0.15, -0.1) is 0 Å². The predicted molar refractivity (Wildman–Crippen MR) is 58.9 cm³/mol. The van der Waals surface area contributed by atoms with Crippen LogP contribution >= 0.6 is 0 Å². The molecule has 1 atom stereocenters. The second-order valence-electron chi connectivity index (χ2n) is 6.35. The third-order valence-electron chi connectivity index (χ3n) is 4.97. The number of rotatable bonds is 3. The third-order valence-corrected chi connectivity index (χ3v) is 4.97. The Morgan fingerprint density at radius 3 is 2.00 bits per heavy atom. The van der Waals surface area contributed by atoms with Crippen LogP contribution in [-0.4, -0.2) is 12.3 Å². The molecule has 0 aliphatic heterocycles. The summed E-state index contributed by atoms with van der Waals surface area (Å²) in [5.41, 5.74) is 6.21. The van der Waals surface area contributed by atoms with Gasteiger partial charge in [-0.2, -0.15) is 0 Å². The van der Waals surface area contributed by atoms with Gasteiger partial charge in [0.15, 0.2) is 0 Å². The Morgan fingerprint density at radius 1 is 1.13 bits per heavy atom. The van der Waals surface area contributed by atoms with E-state index in [1.165, 1.54) is 38.5 Å². The van der Waals surface area contributed by atoms with Gasteiger partial charge in [0.1, 0.15) is 0 Å². The van der Waals surface area contributed by atoms with E-state index in [-0.39, 0.29) is 6.04 Å². The van der Waals surface area contributed by atoms with Gasteiger partial charge >= 0.3 is 0 Å². The molecule has 2 N–H and O–H groups in total. The van der Waals surface area contributed by atoms with Crippen LogP contribution in [0.15, 0.2) is 0 Å². The van der Waals surface area contributed by atoms with Crippen LogP contribution < -0.4 is 5.73 Å². The summed E-state index contributed by atoms with van der Waals surface area (Å²) in [5.74, 6) is 2.86. The zero-order valence-electron chi connectivity index (χ0n) is 9.24. The maximum absolute atomic E-state index is 10.6. The van der Waals surface area contributed by atoms with Crippen LogP contribution in [0.2, 0.25) is 0 Å². The first-order valence-corrected chi connectivity index (χ1v) is 6.32. The minimum Gasteiger partial charge on any atom is -0.321 e. The fourth-order valence-corrected chi connectivity index (χ4v) is 5.05. The molecule has 0 heterocycles. The van der Waals surface area contributed by atoms with Gasteiger partial charge in [-0.25, -0.2) is 0 Å². The Balaban J connectivity index is 1.78. The minimum atomic E-state index is -0.332. The summed E-state index contributed by atoms with van der Waals surface area (Å²) in [4.78, 5) is 10.6. The Kier molecular flexibility index (Phi) is 2.17. The van der Waals surface area contributed by atoms with E-state index in [0.717, 1.165) is 24.2 Å². The summed E-state index contributed by atoms with van der Waals surface area (Å²) < 4.78 is 0. The first-order chi connectivity index (χ1) is 7.19. The normalized spacial score (nSPS) is 49.3. The lowest BCUT2D eigenvalue weighted by Crippen LogP contribution is -2.48. The van der Waals surface area contributed by atoms with Gasteiger partial charge in [0.25, 0.3) is 0 Å². The number of carbonyl (C=O) groups excluding carboxylic acids is 1. The molecule has 0 unspecified atom stereocenters. The fraction of sp³-hybridized carbons (Fsp3) is 0.923. The highest BCUT2D eigenvalue weighted by molar-refractivity contribution is 5.58. The highest BCUT2D eigenvalue weighted by atomic mass is 16.1. The molecule has 4 bridgehead atoms. The lowest BCUT2D eigenvalue weighted by molar-refractivity contribution is -0.0578. The molecule has 4 aliphatic carbocycles. The summed E-state index contributed by atoms with van der Waals surface area (Å²) in [7, 11) is 0. The quantitative estimate of drug-likeness (QED) is 0.767. The van der Waals surface area contributed by atoms with E-state index < -0.39 is 0 Å². The lowest BCUT2D eigenvalue weighted by Gasteiger charge is -2.57. The second kappa shape index (κ2) is 3.31. The van der Waals surface area contributed by atoms with Crippen LogP contribution in [0.1, 0.15) is 44.9 Å². The molecule has 0 aromatic heterocycles. The molecule has 4 rings (SSSR count). The number of nitrogens with two attached hydrogens (primary N) is 1. The number of hydrogen-bond acceptors (Lipinski definition) is 2. The zero-order chi connectivity index (χ0) is 10.5. The highest BCUT2D eigenvalue weighted by Crippen LogP contribution is 2.61. The first-order valence-electron chi connectivity index (χ1n) is 6.32. The van der Waals surface area contributed by atoms with Crippen LogP contribution in [0.4, 0.5) is 0 Å². The van der Waals surface area contributed by atoms with E-state index in [4.69, 9.17) is 5.73 Å². The largest absolute Gasteiger partial charge is 0.321 e. The van der Waals surface area contributed by atoms with E-state index in [9.17, 15) is 4.79 Å². The molecule has 1 radical (unpaired) electrons. The SMILES string of the molecule is N[C@H]([C]=O)CC12CC3CC(CC(C3)C1)C2. The molecule has 0 saturated heterocycles. The molecule has 2 nitrogen and oxygen atoms in total. The Bertz CT molecular complexity index is 238. The average Bonchev–Trinajstić information content (AvgIpc) is 2.14. The molecule has 0 spiro atoms. The van der Waals surface area contributed by atoms with E-state index in [1.54, 1.807) is 0 Å². The molecule has 4 aliphatic rings. The average molecular weight is 206 g/mol. The molecular weight excluding hydrogens is 186 g/mol. The molecule has 0 amide bonds. The predicted octanol–water partition coefficient (Wildman–Crippen LogP) is 2.03.